The molecule has 1 aromatic rings. The Hall–Kier alpha value is -1.92. The zero-order chi connectivity index (χ0) is 14.9. The van der Waals surface area contributed by atoms with E-state index in [9.17, 15) is 15.0 Å². The maximum atomic E-state index is 11.8. The van der Waals surface area contributed by atoms with E-state index in [1.807, 2.05) is 0 Å². The van der Waals surface area contributed by atoms with Gasteiger partial charge in [0.25, 0.3) is 0 Å². The van der Waals surface area contributed by atoms with E-state index in [0.29, 0.717) is 0 Å². The highest BCUT2D eigenvalue weighted by Crippen LogP contribution is 2.28. The molecule has 20 heavy (non-hydrogen) atoms. The van der Waals surface area contributed by atoms with E-state index >= 15 is 0 Å². The number of hydrogen-bond donors (Lipinski definition) is 4. The summed E-state index contributed by atoms with van der Waals surface area (Å²) in [5, 5.41) is 28.3. The zero-order valence-corrected chi connectivity index (χ0v) is 10.5. The Kier molecular flexibility index (Phi) is 4.06. The monoisotopic (exact) mass is 281 g/mol. The van der Waals surface area contributed by atoms with Crippen LogP contribution in [0.5, 0.6) is 0 Å². The fourth-order valence-electron chi connectivity index (χ4n) is 2.05. The lowest BCUT2D eigenvalue weighted by Gasteiger charge is -2.16. The maximum Gasteiger partial charge on any atom is 0.351 e. The molecule has 8 nitrogen and oxygen atoms in total. The molecule has 0 bridgehead atoms. The van der Waals surface area contributed by atoms with E-state index in [-0.39, 0.29) is 24.4 Å². The molecular weight excluding hydrogens is 266 g/mol. The van der Waals surface area contributed by atoms with Gasteiger partial charge in [-0.2, -0.15) is 4.98 Å². The second-order valence-electron chi connectivity index (χ2n) is 4.46. The summed E-state index contributed by atoms with van der Waals surface area (Å²) in [5.41, 5.74) is 4.96. The van der Waals surface area contributed by atoms with Crippen LogP contribution in [0, 0.1) is 12.3 Å². The highest BCUT2D eigenvalue weighted by atomic mass is 16.5. The van der Waals surface area contributed by atoms with Crippen molar-refractivity contribution in [1.82, 2.24) is 9.55 Å². The van der Waals surface area contributed by atoms with Crippen molar-refractivity contribution in [3.05, 3.63) is 22.2 Å². The fourth-order valence-corrected chi connectivity index (χ4v) is 2.05. The first-order chi connectivity index (χ1) is 9.47. The number of aliphatic hydroxyl groups excluding tert-OH is 3. The summed E-state index contributed by atoms with van der Waals surface area (Å²) in [7, 11) is 0. The number of aromatic nitrogens is 2. The van der Waals surface area contributed by atoms with E-state index in [1.54, 1.807) is 0 Å². The summed E-state index contributed by atoms with van der Waals surface area (Å²) in [4.78, 5) is 15.4. The number of terminal acetylenes is 1. The average molecular weight is 281 g/mol. The first kappa shape index (κ1) is 14.5. The van der Waals surface area contributed by atoms with Gasteiger partial charge in [-0.3, -0.25) is 4.57 Å². The third-order valence-corrected chi connectivity index (χ3v) is 3.16. The van der Waals surface area contributed by atoms with Gasteiger partial charge in [-0.25, -0.2) is 4.79 Å². The third kappa shape index (κ3) is 2.52. The Balaban J connectivity index is 2.38. The standard InChI is InChI=1S/C12H15N3O5/c1-2-7(17)6-4-15(12(19)14-11(6)13)10-3-8(18)9(5-16)20-10/h1,4,7-10,16-18H,3,5H2,(H2,13,14,19)/t7-,8+,9-,10-/m1/s1. The lowest BCUT2D eigenvalue weighted by Crippen LogP contribution is -2.29. The molecule has 5 N–H and O–H groups in total. The molecule has 1 aliphatic rings. The van der Waals surface area contributed by atoms with Crippen molar-refractivity contribution in [3.63, 3.8) is 0 Å². The minimum absolute atomic E-state index is 0.109. The molecule has 0 aliphatic carbocycles. The van der Waals surface area contributed by atoms with Crippen molar-refractivity contribution in [3.8, 4) is 12.3 Å². The molecule has 4 atom stereocenters. The molecule has 1 saturated heterocycles. The van der Waals surface area contributed by atoms with Crippen molar-refractivity contribution in [1.29, 1.82) is 0 Å². The molecule has 0 saturated carbocycles. The van der Waals surface area contributed by atoms with Crippen molar-refractivity contribution in [2.45, 2.75) is 31.0 Å². The molecule has 108 valence electrons. The molecule has 0 unspecified atom stereocenters. The van der Waals surface area contributed by atoms with Gasteiger partial charge in [-0.15, -0.1) is 6.42 Å². The van der Waals surface area contributed by atoms with Gasteiger partial charge >= 0.3 is 5.69 Å². The van der Waals surface area contributed by atoms with Crippen molar-refractivity contribution >= 4 is 5.82 Å². The molecular formula is C12H15N3O5. The number of nitrogens with zero attached hydrogens (tertiary/aromatic N) is 2. The van der Waals surface area contributed by atoms with Crippen LogP contribution in [0.25, 0.3) is 0 Å². The minimum Gasteiger partial charge on any atom is -0.394 e. The zero-order valence-electron chi connectivity index (χ0n) is 10.5. The molecule has 1 aliphatic heterocycles. The molecule has 1 fully saturated rings. The van der Waals surface area contributed by atoms with E-state index < -0.39 is 30.2 Å². The normalized spacial score (nSPS) is 27.2. The van der Waals surface area contributed by atoms with Crippen LogP contribution < -0.4 is 11.4 Å². The number of ether oxygens (including phenoxy) is 1. The predicted molar refractivity (Wildman–Crippen MR) is 68.3 cm³/mol. The van der Waals surface area contributed by atoms with Gasteiger partial charge in [0.1, 0.15) is 24.3 Å². The van der Waals surface area contributed by atoms with Crippen LogP contribution in [-0.4, -0.2) is 43.7 Å². The van der Waals surface area contributed by atoms with Crippen molar-refractivity contribution in [2.24, 2.45) is 0 Å². The van der Waals surface area contributed by atoms with Crippen LogP contribution in [0.4, 0.5) is 5.82 Å². The third-order valence-electron chi connectivity index (χ3n) is 3.16. The van der Waals surface area contributed by atoms with Gasteiger partial charge in [0.2, 0.25) is 0 Å². The summed E-state index contributed by atoms with van der Waals surface area (Å²) in [5.74, 6) is 1.92. The lowest BCUT2D eigenvalue weighted by atomic mass is 10.1. The van der Waals surface area contributed by atoms with Crippen LogP contribution >= 0.6 is 0 Å². The second-order valence-corrected chi connectivity index (χ2v) is 4.46. The summed E-state index contributed by atoms with van der Waals surface area (Å²) in [6.07, 6.45) is 2.71. The number of rotatable bonds is 3. The largest absolute Gasteiger partial charge is 0.394 e. The second kappa shape index (κ2) is 5.60. The fraction of sp³-hybridized carbons (Fsp3) is 0.500. The van der Waals surface area contributed by atoms with Gasteiger partial charge in [0.15, 0.2) is 0 Å². The highest BCUT2D eigenvalue weighted by molar-refractivity contribution is 5.41. The number of aliphatic hydroxyl groups is 3. The van der Waals surface area contributed by atoms with Gasteiger partial charge < -0.3 is 25.8 Å². The predicted octanol–water partition coefficient (Wildman–Crippen LogP) is -1.87. The van der Waals surface area contributed by atoms with Crippen molar-refractivity contribution in [2.75, 3.05) is 12.3 Å². The molecule has 2 heterocycles. The van der Waals surface area contributed by atoms with Crippen LogP contribution in [0.3, 0.4) is 0 Å². The Morgan fingerprint density at radius 3 is 2.95 bits per heavy atom. The molecule has 8 heteroatoms. The van der Waals surface area contributed by atoms with Gasteiger partial charge in [0, 0.05) is 12.6 Å². The van der Waals surface area contributed by atoms with Crippen LogP contribution in [0.2, 0.25) is 0 Å². The first-order valence-corrected chi connectivity index (χ1v) is 5.95. The summed E-state index contributed by atoms with van der Waals surface area (Å²) in [6.45, 7) is -0.366. The van der Waals surface area contributed by atoms with E-state index in [0.717, 1.165) is 4.57 Å². The molecule has 2 rings (SSSR count). The quantitative estimate of drug-likeness (QED) is 0.477. The van der Waals surface area contributed by atoms with E-state index in [1.165, 1.54) is 6.20 Å². The molecule has 0 radical (unpaired) electrons. The summed E-state index contributed by atoms with van der Waals surface area (Å²) < 4.78 is 6.44. The summed E-state index contributed by atoms with van der Waals surface area (Å²) >= 11 is 0. The van der Waals surface area contributed by atoms with Crippen LogP contribution in [0.1, 0.15) is 24.3 Å². The molecule has 0 spiro atoms. The number of anilines is 1. The van der Waals surface area contributed by atoms with Gasteiger partial charge in [-0.05, 0) is 0 Å². The lowest BCUT2D eigenvalue weighted by molar-refractivity contribution is -0.0460. The Morgan fingerprint density at radius 1 is 1.70 bits per heavy atom. The van der Waals surface area contributed by atoms with Crippen LogP contribution in [-0.2, 0) is 4.74 Å². The smallest absolute Gasteiger partial charge is 0.351 e. The Morgan fingerprint density at radius 2 is 2.40 bits per heavy atom. The number of nitrogens with two attached hydrogens (primary N) is 1. The first-order valence-electron chi connectivity index (χ1n) is 5.95. The van der Waals surface area contributed by atoms with Crippen molar-refractivity contribution < 1.29 is 20.1 Å². The Labute approximate surface area is 114 Å². The maximum absolute atomic E-state index is 11.8. The Bertz CT molecular complexity index is 594. The van der Waals surface area contributed by atoms with E-state index in [2.05, 4.69) is 10.9 Å². The topological polar surface area (TPSA) is 131 Å². The minimum atomic E-state index is -1.30. The van der Waals surface area contributed by atoms with Gasteiger partial charge in [0.05, 0.1) is 18.3 Å². The SMILES string of the molecule is C#C[C@@H](O)c1cn([C@H]2C[C@H](O)[C@@H](CO)O2)c(=O)nc1N. The highest BCUT2D eigenvalue weighted by Gasteiger charge is 2.35. The van der Waals surface area contributed by atoms with Gasteiger partial charge in [-0.1, -0.05) is 5.92 Å². The average Bonchev–Trinajstić information content (AvgIpc) is 2.79. The number of hydrogen-bond acceptors (Lipinski definition) is 7. The van der Waals surface area contributed by atoms with E-state index in [4.69, 9.17) is 22.0 Å². The molecule has 0 aromatic carbocycles. The van der Waals surface area contributed by atoms with Crippen LogP contribution in [0.15, 0.2) is 11.0 Å². The molecule has 0 amide bonds. The molecule has 1 aromatic heterocycles. The number of nitrogen functional groups attached to an aromatic ring is 1. The summed E-state index contributed by atoms with van der Waals surface area (Å²) in [6, 6.07) is 0.